The lowest BCUT2D eigenvalue weighted by molar-refractivity contribution is 0.577. The van der Waals surface area contributed by atoms with Crippen molar-refractivity contribution >= 4 is 5.95 Å². The molecule has 1 heterocycles. The van der Waals surface area contributed by atoms with Gasteiger partial charge in [-0.2, -0.15) is 0 Å². The van der Waals surface area contributed by atoms with Gasteiger partial charge < -0.3 is 10.7 Å². The number of aromatic amines is 1. The highest BCUT2D eigenvalue weighted by atomic mass is 15.0. The van der Waals surface area contributed by atoms with E-state index in [1.54, 1.807) is 0 Å². The minimum atomic E-state index is 0.571. The van der Waals surface area contributed by atoms with Crippen molar-refractivity contribution in [2.45, 2.75) is 51.4 Å². The molecular weight excluding hydrogens is 174 g/mol. The van der Waals surface area contributed by atoms with Crippen molar-refractivity contribution in [1.82, 2.24) is 9.97 Å². The molecule has 0 spiro atoms. The zero-order chi connectivity index (χ0) is 9.97. The van der Waals surface area contributed by atoms with Crippen LogP contribution in [0.25, 0.3) is 0 Å². The molecule has 0 unspecified atom stereocenters. The molecule has 0 saturated heterocycles. The molecule has 14 heavy (non-hydrogen) atoms. The van der Waals surface area contributed by atoms with Crippen molar-refractivity contribution in [2.24, 2.45) is 0 Å². The van der Waals surface area contributed by atoms with E-state index in [4.69, 9.17) is 5.73 Å². The number of hydrogen-bond acceptors (Lipinski definition) is 2. The highest BCUT2D eigenvalue weighted by Crippen LogP contribution is 2.32. The average Bonchev–Trinajstić information content (AvgIpc) is 2.43. The normalized spacial score (nSPS) is 19.5. The molecule has 3 N–H and O–H groups in total. The number of H-pyrrole nitrogens is 1. The SMILES string of the molecule is Cc1[nH]c(N)nc1C1CCCCCC1. The summed E-state index contributed by atoms with van der Waals surface area (Å²) in [5, 5.41) is 0. The maximum absolute atomic E-state index is 5.66. The molecule has 0 amide bonds. The summed E-state index contributed by atoms with van der Waals surface area (Å²) in [5.41, 5.74) is 8.03. The van der Waals surface area contributed by atoms with Gasteiger partial charge in [0.1, 0.15) is 0 Å². The summed E-state index contributed by atoms with van der Waals surface area (Å²) in [6.07, 6.45) is 8.02. The van der Waals surface area contributed by atoms with Crippen LogP contribution in [0.2, 0.25) is 0 Å². The summed E-state index contributed by atoms with van der Waals surface area (Å²) < 4.78 is 0. The third-order valence-electron chi connectivity index (χ3n) is 3.18. The number of imidazole rings is 1. The van der Waals surface area contributed by atoms with Gasteiger partial charge in [0.25, 0.3) is 0 Å². The fourth-order valence-electron chi connectivity index (χ4n) is 2.45. The molecule has 1 saturated carbocycles. The van der Waals surface area contributed by atoms with Crippen LogP contribution in [0.1, 0.15) is 55.8 Å². The van der Waals surface area contributed by atoms with E-state index in [0.717, 1.165) is 5.69 Å². The number of aromatic nitrogens is 2. The molecule has 0 bridgehead atoms. The average molecular weight is 193 g/mol. The Morgan fingerprint density at radius 1 is 1.21 bits per heavy atom. The quantitative estimate of drug-likeness (QED) is 0.674. The highest BCUT2D eigenvalue weighted by Gasteiger charge is 2.18. The molecule has 1 aromatic heterocycles. The zero-order valence-corrected chi connectivity index (χ0v) is 8.84. The van der Waals surface area contributed by atoms with Gasteiger partial charge in [0.05, 0.1) is 5.69 Å². The molecule has 1 aliphatic rings. The van der Waals surface area contributed by atoms with E-state index in [1.165, 1.54) is 44.2 Å². The molecule has 0 aliphatic heterocycles. The number of hydrogen-bond donors (Lipinski definition) is 2. The molecule has 0 aromatic carbocycles. The predicted molar refractivity (Wildman–Crippen MR) is 58.2 cm³/mol. The number of nitrogens with one attached hydrogen (secondary N) is 1. The first-order valence-electron chi connectivity index (χ1n) is 5.59. The van der Waals surface area contributed by atoms with Gasteiger partial charge in [-0.3, -0.25) is 0 Å². The largest absolute Gasteiger partial charge is 0.369 e. The summed E-state index contributed by atoms with van der Waals surface area (Å²) in [5.74, 6) is 1.22. The first-order valence-corrected chi connectivity index (χ1v) is 5.59. The molecule has 1 fully saturated rings. The van der Waals surface area contributed by atoms with Gasteiger partial charge in [0, 0.05) is 11.6 Å². The first-order chi connectivity index (χ1) is 6.77. The molecule has 0 atom stereocenters. The molecular formula is C11H19N3. The number of anilines is 1. The highest BCUT2D eigenvalue weighted by molar-refractivity contribution is 5.27. The van der Waals surface area contributed by atoms with Crippen molar-refractivity contribution in [1.29, 1.82) is 0 Å². The second kappa shape index (κ2) is 4.03. The summed E-state index contributed by atoms with van der Waals surface area (Å²) >= 11 is 0. The van der Waals surface area contributed by atoms with Crippen LogP contribution in [-0.4, -0.2) is 9.97 Å². The number of nitrogens with two attached hydrogens (primary N) is 1. The minimum Gasteiger partial charge on any atom is -0.369 e. The number of nitrogens with zero attached hydrogens (tertiary/aromatic N) is 1. The third-order valence-corrected chi connectivity index (χ3v) is 3.18. The van der Waals surface area contributed by atoms with Gasteiger partial charge in [0.2, 0.25) is 0 Å². The Labute approximate surface area is 85.1 Å². The zero-order valence-electron chi connectivity index (χ0n) is 8.84. The molecule has 1 aliphatic carbocycles. The molecule has 3 heteroatoms. The van der Waals surface area contributed by atoms with E-state index < -0.39 is 0 Å². The van der Waals surface area contributed by atoms with E-state index >= 15 is 0 Å². The molecule has 0 radical (unpaired) electrons. The van der Waals surface area contributed by atoms with E-state index in [2.05, 4.69) is 16.9 Å². The third kappa shape index (κ3) is 1.91. The second-order valence-corrected chi connectivity index (χ2v) is 4.32. The Bertz CT molecular complexity index is 295. The van der Waals surface area contributed by atoms with Gasteiger partial charge >= 0.3 is 0 Å². The van der Waals surface area contributed by atoms with Gasteiger partial charge in [0.15, 0.2) is 5.95 Å². The minimum absolute atomic E-state index is 0.571. The summed E-state index contributed by atoms with van der Waals surface area (Å²) in [7, 11) is 0. The Balaban J connectivity index is 2.15. The van der Waals surface area contributed by atoms with Gasteiger partial charge in [-0.05, 0) is 19.8 Å². The monoisotopic (exact) mass is 193 g/mol. The smallest absolute Gasteiger partial charge is 0.197 e. The molecule has 2 rings (SSSR count). The lowest BCUT2D eigenvalue weighted by Crippen LogP contribution is -2.00. The summed E-state index contributed by atoms with van der Waals surface area (Å²) in [4.78, 5) is 7.49. The van der Waals surface area contributed by atoms with E-state index in [-0.39, 0.29) is 0 Å². The van der Waals surface area contributed by atoms with E-state index in [1.807, 2.05) is 0 Å². The van der Waals surface area contributed by atoms with Crippen molar-refractivity contribution in [3.8, 4) is 0 Å². The summed E-state index contributed by atoms with van der Waals surface area (Å²) in [6, 6.07) is 0. The fraction of sp³-hybridized carbons (Fsp3) is 0.727. The Hall–Kier alpha value is -0.990. The standard InChI is InChI=1S/C11H19N3/c1-8-10(14-11(12)13-8)9-6-4-2-3-5-7-9/h9H,2-7H2,1H3,(H3,12,13,14). The second-order valence-electron chi connectivity index (χ2n) is 4.32. The lowest BCUT2D eigenvalue weighted by Gasteiger charge is -2.11. The van der Waals surface area contributed by atoms with Gasteiger partial charge in [-0.1, -0.05) is 25.7 Å². The number of aryl methyl sites for hydroxylation is 1. The number of nitrogen functional groups attached to an aromatic ring is 1. The van der Waals surface area contributed by atoms with Gasteiger partial charge in [-0.25, -0.2) is 4.98 Å². The first kappa shape index (κ1) is 9.56. The Kier molecular flexibility index (Phi) is 2.75. The number of rotatable bonds is 1. The van der Waals surface area contributed by atoms with Crippen LogP contribution in [0.4, 0.5) is 5.95 Å². The van der Waals surface area contributed by atoms with Crippen LogP contribution in [0.5, 0.6) is 0 Å². The van der Waals surface area contributed by atoms with Crippen LogP contribution in [0.15, 0.2) is 0 Å². The van der Waals surface area contributed by atoms with Crippen molar-refractivity contribution < 1.29 is 0 Å². The van der Waals surface area contributed by atoms with E-state index in [9.17, 15) is 0 Å². The Morgan fingerprint density at radius 3 is 2.36 bits per heavy atom. The van der Waals surface area contributed by atoms with Crippen LogP contribution in [0.3, 0.4) is 0 Å². The predicted octanol–water partition coefficient (Wildman–Crippen LogP) is 2.74. The maximum atomic E-state index is 5.66. The van der Waals surface area contributed by atoms with Crippen LogP contribution in [-0.2, 0) is 0 Å². The van der Waals surface area contributed by atoms with E-state index in [0.29, 0.717) is 11.9 Å². The molecule has 3 nitrogen and oxygen atoms in total. The van der Waals surface area contributed by atoms with Gasteiger partial charge in [-0.15, -0.1) is 0 Å². The Morgan fingerprint density at radius 2 is 1.86 bits per heavy atom. The van der Waals surface area contributed by atoms with Crippen molar-refractivity contribution in [3.63, 3.8) is 0 Å². The maximum Gasteiger partial charge on any atom is 0.197 e. The van der Waals surface area contributed by atoms with Crippen LogP contribution >= 0.6 is 0 Å². The van der Waals surface area contributed by atoms with Crippen molar-refractivity contribution in [2.75, 3.05) is 5.73 Å². The van der Waals surface area contributed by atoms with Crippen molar-refractivity contribution in [3.05, 3.63) is 11.4 Å². The van der Waals surface area contributed by atoms with Crippen LogP contribution < -0.4 is 5.73 Å². The van der Waals surface area contributed by atoms with Crippen LogP contribution in [0, 0.1) is 6.92 Å². The molecule has 1 aromatic rings. The summed E-state index contributed by atoms with van der Waals surface area (Å²) in [6.45, 7) is 2.07. The lowest BCUT2D eigenvalue weighted by atomic mass is 9.95. The molecule has 78 valence electrons. The topological polar surface area (TPSA) is 54.7 Å². The fourth-order valence-corrected chi connectivity index (χ4v) is 2.45.